The van der Waals surface area contributed by atoms with E-state index < -0.39 is 41.1 Å². The minimum absolute atomic E-state index is 0.245. The summed E-state index contributed by atoms with van der Waals surface area (Å²) in [7, 11) is 0. The van der Waals surface area contributed by atoms with Crippen molar-refractivity contribution in [3.63, 3.8) is 0 Å². The number of hydrogen-bond donors (Lipinski definition) is 2. The standard InChI is InChI=1S/C14H14F3NO3/c15-14(16,17)11-4-2-1-3-10(11)12(19)18-9-6-5-8(7-9)13(20)21/h1-4,8-9H,5-7H2,(H,18,19)(H,20,21). The van der Waals surface area contributed by atoms with Gasteiger partial charge < -0.3 is 10.4 Å². The Balaban J connectivity index is 2.10. The van der Waals surface area contributed by atoms with Crippen LogP contribution in [0.25, 0.3) is 0 Å². The molecule has 0 bridgehead atoms. The molecule has 0 aromatic heterocycles. The Kier molecular flexibility index (Phi) is 4.20. The Labute approximate surface area is 119 Å². The first-order chi connectivity index (χ1) is 9.79. The molecule has 0 radical (unpaired) electrons. The molecule has 1 aliphatic carbocycles. The van der Waals surface area contributed by atoms with Gasteiger partial charge in [0.25, 0.3) is 5.91 Å². The zero-order valence-electron chi connectivity index (χ0n) is 11.0. The summed E-state index contributed by atoms with van der Waals surface area (Å²) >= 11 is 0. The fraction of sp³-hybridized carbons (Fsp3) is 0.429. The van der Waals surface area contributed by atoms with Crippen LogP contribution >= 0.6 is 0 Å². The third kappa shape index (κ3) is 3.53. The van der Waals surface area contributed by atoms with E-state index in [0.29, 0.717) is 12.8 Å². The monoisotopic (exact) mass is 301 g/mol. The van der Waals surface area contributed by atoms with Crippen molar-refractivity contribution in [3.05, 3.63) is 35.4 Å². The summed E-state index contributed by atoms with van der Waals surface area (Å²) in [6, 6.07) is 4.14. The van der Waals surface area contributed by atoms with Crippen molar-refractivity contribution in [2.75, 3.05) is 0 Å². The van der Waals surface area contributed by atoms with Crippen LogP contribution in [0, 0.1) is 5.92 Å². The van der Waals surface area contributed by atoms with E-state index in [1.165, 1.54) is 12.1 Å². The molecule has 7 heteroatoms. The van der Waals surface area contributed by atoms with Gasteiger partial charge in [-0.15, -0.1) is 0 Å². The van der Waals surface area contributed by atoms with Crippen LogP contribution < -0.4 is 5.32 Å². The number of benzene rings is 1. The van der Waals surface area contributed by atoms with Gasteiger partial charge in [0, 0.05) is 6.04 Å². The minimum Gasteiger partial charge on any atom is -0.481 e. The lowest BCUT2D eigenvalue weighted by molar-refractivity contribution is -0.141. The van der Waals surface area contributed by atoms with Crippen LogP contribution in [0.4, 0.5) is 13.2 Å². The molecule has 1 amide bonds. The number of carboxylic acids is 1. The number of hydrogen-bond acceptors (Lipinski definition) is 2. The maximum Gasteiger partial charge on any atom is 0.417 e. The molecule has 2 rings (SSSR count). The Morgan fingerprint density at radius 2 is 1.86 bits per heavy atom. The molecule has 1 aliphatic rings. The van der Waals surface area contributed by atoms with Gasteiger partial charge in [-0.1, -0.05) is 12.1 Å². The van der Waals surface area contributed by atoms with Crippen molar-refractivity contribution >= 4 is 11.9 Å². The fourth-order valence-electron chi connectivity index (χ4n) is 2.53. The molecular formula is C14H14F3NO3. The van der Waals surface area contributed by atoms with E-state index in [1.807, 2.05) is 0 Å². The smallest absolute Gasteiger partial charge is 0.417 e. The third-order valence-electron chi connectivity index (χ3n) is 3.59. The Morgan fingerprint density at radius 1 is 1.19 bits per heavy atom. The van der Waals surface area contributed by atoms with Crippen LogP contribution in [0.3, 0.4) is 0 Å². The first kappa shape index (κ1) is 15.3. The predicted molar refractivity (Wildman–Crippen MR) is 67.7 cm³/mol. The molecule has 2 unspecified atom stereocenters. The lowest BCUT2D eigenvalue weighted by Gasteiger charge is -2.16. The highest BCUT2D eigenvalue weighted by molar-refractivity contribution is 5.96. The normalized spacial score (nSPS) is 22.0. The number of nitrogens with one attached hydrogen (secondary N) is 1. The molecule has 0 aliphatic heterocycles. The quantitative estimate of drug-likeness (QED) is 0.902. The van der Waals surface area contributed by atoms with E-state index >= 15 is 0 Å². The largest absolute Gasteiger partial charge is 0.481 e. The number of rotatable bonds is 3. The number of carboxylic acid groups (broad SMARTS) is 1. The first-order valence-electron chi connectivity index (χ1n) is 6.49. The molecular weight excluding hydrogens is 287 g/mol. The van der Waals surface area contributed by atoms with E-state index in [0.717, 1.165) is 12.1 Å². The number of amides is 1. The van der Waals surface area contributed by atoms with E-state index in [-0.39, 0.29) is 6.42 Å². The van der Waals surface area contributed by atoms with Gasteiger partial charge >= 0.3 is 12.1 Å². The summed E-state index contributed by atoms with van der Waals surface area (Å²) in [4.78, 5) is 22.8. The zero-order chi connectivity index (χ0) is 15.6. The van der Waals surface area contributed by atoms with Crippen molar-refractivity contribution in [3.8, 4) is 0 Å². The van der Waals surface area contributed by atoms with Crippen LogP contribution in [0.5, 0.6) is 0 Å². The summed E-state index contributed by atoms with van der Waals surface area (Å²) in [6.45, 7) is 0. The van der Waals surface area contributed by atoms with Crippen LogP contribution in [-0.4, -0.2) is 23.0 Å². The van der Waals surface area contributed by atoms with E-state index in [9.17, 15) is 22.8 Å². The third-order valence-corrected chi connectivity index (χ3v) is 3.59. The van der Waals surface area contributed by atoms with Crippen LogP contribution in [-0.2, 0) is 11.0 Å². The molecule has 0 spiro atoms. The lowest BCUT2D eigenvalue weighted by Crippen LogP contribution is -2.34. The summed E-state index contributed by atoms with van der Waals surface area (Å²) in [5.74, 6) is -2.31. The highest BCUT2D eigenvalue weighted by Gasteiger charge is 2.36. The van der Waals surface area contributed by atoms with Gasteiger partial charge in [-0.3, -0.25) is 9.59 Å². The molecule has 0 heterocycles. The van der Waals surface area contributed by atoms with Crippen molar-refractivity contribution in [2.45, 2.75) is 31.5 Å². The van der Waals surface area contributed by atoms with Gasteiger partial charge in [-0.05, 0) is 31.4 Å². The number of carbonyl (C=O) groups excluding carboxylic acids is 1. The van der Waals surface area contributed by atoms with Crippen molar-refractivity contribution in [2.24, 2.45) is 5.92 Å². The molecule has 1 fully saturated rings. The highest BCUT2D eigenvalue weighted by atomic mass is 19.4. The molecule has 2 atom stereocenters. The number of alkyl halides is 3. The van der Waals surface area contributed by atoms with Crippen molar-refractivity contribution in [1.29, 1.82) is 0 Å². The second-order valence-electron chi connectivity index (χ2n) is 5.06. The van der Waals surface area contributed by atoms with Gasteiger partial charge in [0.1, 0.15) is 0 Å². The number of carbonyl (C=O) groups is 2. The second kappa shape index (κ2) is 5.75. The average Bonchev–Trinajstić information content (AvgIpc) is 2.86. The maximum atomic E-state index is 12.8. The first-order valence-corrected chi connectivity index (χ1v) is 6.49. The van der Waals surface area contributed by atoms with Gasteiger partial charge in [-0.2, -0.15) is 13.2 Å². The molecule has 1 saturated carbocycles. The van der Waals surface area contributed by atoms with Gasteiger partial charge in [-0.25, -0.2) is 0 Å². The lowest BCUT2D eigenvalue weighted by atomic mass is 10.1. The Morgan fingerprint density at radius 3 is 2.43 bits per heavy atom. The SMILES string of the molecule is O=C(NC1CCC(C(=O)O)C1)c1ccccc1C(F)(F)F. The maximum absolute atomic E-state index is 12.8. The summed E-state index contributed by atoms with van der Waals surface area (Å²) in [6.07, 6.45) is -3.49. The minimum atomic E-state index is -4.60. The molecule has 1 aromatic rings. The molecule has 0 saturated heterocycles. The molecule has 21 heavy (non-hydrogen) atoms. The van der Waals surface area contributed by atoms with E-state index in [1.54, 1.807) is 0 Å². The molecule has 114 valence electrons. The number of halogens is 3. The van der Waals surface area contributed by atoms with E-state index in [4.69, 9.17) is 5.11 Å². The second-order valence-corrected chi connectivity index (χ2v) is 5.06. The van der Waals surface area contributed by atoms with Crippen LogP contribution in [0.15, 0.2) is 24.3 Å². The Bertz CT molecular complexity index is 557. The van der Waals surface area contributed by atoms with Crippen LogP contribution in [0.1, 0.15) is 35.2 Å². The van der Waals surface area contributed by atoms with Gasteiger partial charge in [0.2, 0.25) is 0 Å². The summed E-state index contributed by atoms with van der Waals surface area (Å²) < 4.78 is 38.5. The summed E-state index contributed by atoms with van der Waals surface area (Å²) in [5, 5.41) is 11.4. The fourth-order valence-corrected chi connectivity index (χ4v) is 2.53. The molecule has 1 aromatic carbocycles. The summed E-state index contributed by atoms with van der Waals surface area (Å²) in [5.41, 5.74) is -1.43. The predicted octanol–water partition coefficient (Wildman–Crippen LogP) is 2.69. The number of aliphatic carboxylic acids is 1. The molecule has 2 N–H and O–H groups in total. The topological polar surface area (TPSA) is 66.4 Å². The van der Waals surface area contributed by atoms with Gasteiger partial charge in [0.05, 0.1) is 17.0 Å². The van der Waals surface area contributed by atoms with Gasteiger partial charge in [0.15, 0.2) is 0 Å². The Hall–Kier alpha value is -2.05. The highest BCUT2D eigenvalue weighted by Crippen LogP contribution is 2.32. The average molecular weight is 301 g/mol. The zero-order valence-corrected chi connectivity index (χ0v) is 11.0. The van der Waals surface area contributed by atoms with E-state index in [2.05, 4.69) is 5.32 Å². The van der Waals surface area contributed by atoms with Crippen molar-refractivity contribution < 1.29 is 27.9 Å². The van der Waals surface area contributed by atoms with Crippen LogP contribution in [0.2, 0.25) is 0 Å². The molecule has 4 nitrogen and oxygen atoms in total. The van der Waals surface area contributed by atoms with Crippen molar-refractivity contribution in [1.82, 2.24) is 5.32 Å².